The second-order valence-electron chi connectivity index (χ2n) is 3.16. The molecule has 0 aliphatic heterocycles. The van der Waals surface area contributed by atoms with Crippen LogP contribution in [0, 0.1) is 0 Å². The molecule has 9 heteroatoms. The summed E-state index contributed by atoms with van der Waals surface area (Å²) in [4.78, 5) is 10.8. The largest absolute Gasteiger partial charge is 0.394 e. The lowest BCUT2D eigenvalue weighted by Gasteiger charge is -2.33. The van der Waals surface area contributed by atoms with Gasteiger partial charge in [0.15, 0.2) is 6.10 Å². The monoisotopic (exact) mass is 242 g/mol. The number of carbonyl (C=O) groups excluding carboxylic acids is 1. The van der Waals surface area contributed by atoms with Crippen molar-refractivity contribution in [3.8, 4) is 0 Å². The summed E-state index contributed by atoms with van der Waals surface area (Å²) in [5.74, 6) is -5.31. The summed E-state index contributed by atoms with van der Waals surface area (Å²) in [5.41, 5.74) is 0. The van der Waals surface area contributed by atoms with Gasteiger partial charge in [0.1, 0.15) is 12.2 Å². The van der Waals surface area contributed by atoms with E-state index in [2.05, 4.69) is 0 Å². The molecule has 0 unspecified atom stereocenters. The lowest BCUT2D eigenvalue weighted by atomic mass is 9.96. The molecule has 3 atom stereocenters. The number of aliphatic hydroxyl groups is 8. The Labute approximate surface area is 89.4 Å². The van der Waals surface area contributed by atoms with E-state index in [1.165, 1.54) is 0 Å². The minimum Gasteiger partial charge on any atom is -0.394 e. The van der Waals surface area contributed by atoms with E-state index in [0.29, 0.717) is 0 Å². The Morgan fingerprint density at radius 2 is 1.50 bits per heavy atom. The molecule has 0 saturated carbocycles. The summed E-state index contributed by atoms with van der Waals surface area (Å²) >= 11 is 0. The van der Waals surface area contributed by atoms with E-state index < -0.39 is 42.8 Å². The zero-order valence-corrected chi connectivity index (χ0v) is 8.00. The van der Waals surface area contributed by atoms with Crippen LogP contribution in [0.4, 0.5) is 0 Å². The highest BCUT2D eigenvalue weighted by Crippen LogP contribution is 2.17. The second-order valence-corrected chi connectivity index (χ2v) is 3.16. The Kier molecular flexibility index (Phi) is 5.38. The first-order valence-electron chi connectivity index (χ1n) is 4.15. The molecule has 0 aromatic heterocycles. The van der Waals surface area contributed by atoms with Gasteiger partial charge in [0.25, 0.3) is 0 Å². The van der Waals surface area contributed by atoms with Crippen molar-refractivity contribution in [3.63, 3.8) is 0 Å². The molecule has 0 radical (unpaired) electrons. The van der Waals surface area contributed by atoms with Crippen LogP contribution in [0.2, 0.25) is 0 Å². The molecule has 0 saturated heterocycles. The fourth-order valence-electron chi connectivity index (χ4n) is 0.895. The number of ketones is 1. The average Bonchev–Trinajstić information content (AvgIpc) is 2.24. The lowest BCUT2D eigenvalue weighted by molar-refractivity contribution is -0.289. The third kappa shape index (κ3) is 3.17. The standard InChI is InChI=1S/C7H14O9/c8-1-2(9)4(11)7(15,16)5(12)3(10)6(13)14/h2,4-6,8-9,11-16H,1H2/t2-,4-,5-/m1/s1. The van der Waals surface area contributed by atoms with Crippen LogP contribution < -0.4 is 0 Å². The van der Waals surface area contributed by atoms with E-state index in [-0.39, 0.29) is 0 Å². The topological polar surface area (TPSA) is 179 Å². The van der Waals surface area contributed by atoms with Crippen LogP contribution in [0.15, 0.2) is 0 Å². The van der Waals surface area contributed by atoms with Crippen LogP contribution >= 0.6 is 0 Å². The summed E-state index contributed by atoms with van der Waals surface area (Å²) in [6.45, 7) is -1.06. The lowest BCUT2D eigenvalue weighted by Crippen LogP contribution is -2.61. The normalized spacial score (nSPS) is 18.3. The summed E-state index contributed by atoms with van der Waals surface area (Å²) in [6, 6.07) is 0. The first-order chi connectivity index (χ1) is 7.16. The summed E-state index contributed by atoms with van der Waals surface area (Å²) in [6.07, 6.45) is -9.95. The number of hydrogen-bond acceptors (Lipinski definition) is 9. The molecule has 0 aromatic carbocycles. The van der Waals surface area contributed by atoms with E-state index in [1.54, 1.807) is 0 Å². The maximum atomic E-state index is 10.8. The highest BCUT2D eigenvalue weighted by molar-refractivity contribution is 5.86. The van der Waals surface area contributed by atoms with Crippen molar-refractivity contribution in [1.82, 2.24) is 0 Å². The summed E-state index contributed by atoms with van der Waals surface area (Å²) in [5, 5.41) is 70.3. The Hall–Kier alpha value is -0.650. The van der Waals surface area contributed by atoms with Gasteiger partial charge < -0.3 is 40.9 Å². The number of Topliss-reactive ketones (excluding diaryl/α,β-unsaturated/α-hetero) is 1. The molecule has 9 nitrogen and oxygen atoms in total. The van der Waals surface area contributed by atoms with Crippen molar-refractivity contribution in [1.29, 1.82) is 0 Å². The quantitative estimate of drug-likeness (QED) is 0.211. The van der Waals surface area contributed by atoms with Gasteiger partial charge in [0, 0.05) is 0 Å². The molecule has 8 N–H and O–H groups in total. The average molecular weight is 242 g/mol. The van der Waals surface area contributed by atoms with Gasteiger partial charge in [-0.05, 0) is 0 Å². The van der Waals surface area contributed by atoms with Gasteiger partial charge in [-0.1, -0.05) is 0 Å². The minimum atomic E-state index is -3.52. The summed E-state index contributed by atoms with van der Waals surface area (Å²) in [7, 11) is 0. The number of rotatable bonds is 6. The first kappa shape index (κ1) is 15.3. The SMILES string of the molecule is O=C(C(O)O)[C@@H](O)C(O)(O)[C@H](O)[C@H](O)CO. The molecule has 0 aliphatic rings. The van der Waals surface area contributed by atoms with Gasteiger partial charge >= 0.3 is 0 Å². The van der Waals surface area contributed by atoms with Crippen LogP contribution in [-0.4, -0.2) is 83.6 Å². The smallest absolute Gasteiger partial charge is 0.226 e. The van der Waals surface area contributed by atoms with Crippen molar-refractivity contribution in [3.05, 3.63) is 0 Å². The van der Waals surface area contributed by atoms with Crippen LogP contribution in [0.25, 0.3) is 0 Å². The molecule has 96 valence electrons. The second kappa shape index (κ2) is 5.61. The van der Waals surface area contributed by atoms with E-state index in [1.807, 2.05) is 0 Å². The van der Waals surface area contributed by atoms with Crippen LogP contribution in [0.1, 0.15) is 0 Å². The highest BCUT2D eigenvalue weighted by Gasteiger charge is 2.48. The van der Waals surface area contributed by atoms with Gasteiger partial charge in [0.05, 0.1) is 6.61 Å². The Morgan fingerprint density at radius 1 is 1.06 bits per heavy atom. The fraction of sp³-hybridized carbons (Fsp3) is 0.857. The molecular formula is C7H14O9. The third-order valence-electron chi connectivity index (χ3n) is 1.91. The van der Waals surface area contributed by atoms with E-state index in [9.17, 15) is 4.79 Å². The van der Waals surface area contributed by atoms with Crippen LogP contribution in [-0.2, 0) is 4.79 Å². The van der Waals surface area contributed by atoms with E-state index in [4.69, 9.17) is 40.9 Å². The molecule has 0 aromatic rings. The van der Waals surface area contributed by atoms with Crippen LogP contribution in [0.3, 0.4) is 0 Å². The Morgan fingerprint density at radius 3 is 1.81 bits per heavy atom. The van der Waals surface area contributed by atoms with E-state index >= 15 is 0 Å². The molecule has 0 heterocycles. The predicted molar refractivity (Wildman–Crippen MR) is 45.5 cm³/mol. The maximum absolute atomic E-state index is 10.8. The first-order valence-corrected chi connectivity index (χ1v) is 4.15. The van der Waals surface area contributed by atoms with Crippen molar-refractivity contribution in [2.24, 2.45) is 0 Å². The molecule has 0 fully saturated rings. The fourth-order valence-corrected chi connectivity index (χ4v) is 0.895. The number of hydrogen-bond donors (Lipinski definition) is 8. The van der Waals surface area contributed by atoms with Gasteiger partial charge in [-0.15, -0.1) is 0 Å². The van der Waals surface area contributed by atoms with Crippen molar-refractivity contribution in [2.45, 2.75) is 30.4 Å². The molecular weight excluding hydrogens is 228 g/mol. The Bertz CT molecular complexity index is 238. The Balaban J connectivity index is 4.83. The zero-order valence-electron chi connectivity index (χ0n) is 8.00. The van der Waals surface area contributed by atoms with Gasteiger partial charge in [0.2, 0.25) is 17.9 Å². The zero-order chi connectivity index (χ0) is 13.1. The maximum Gasteiger partial charge on any atom is 0.226 e. The molecule has 0 bridgehead atoms. The van der Waals surface area contributed by atoms with Gasteiger partial charge in [-0.25, -0.2) is 0 Å². The molecule has 16 heavy (non-hydrogen) atoms. The van der Waals surface area contributed by atoms with E-state index in [0.717, 1.165) is 0 Å². The van der Waals surface area contributed by atoms with Crippen LogP contribution in [0.5, 0.6) is 0 Å². The molecule has 0 rings (SSSR count). The van der Waals surface area contributed by atoms with Gasteiger partial charge in [-0.2, -0.15) is 0 Å². The molecule has 0 aliphatic carbocycles. The predicted octanol–water partition coefficient (Wildman–Crippen LogP) is -5.38. The molecule has 0 spiro atoms. The van der Waals surface area contributed by atoms with Crippen molar-refractivity contribution in [2.75, 3.05) is 6.61 Å². The molecule has 0 amide bonds. The summed E-state index contributed by atoms with van der Waals surface area (Å²) < 4.78 is 0. The van der Waals surface area contributed by atoms with Crippen molar-refractivity contribution < 1.29 is 45.6 Å². The van der Waals surface area contributed by atoms with Gasteiger partial charge in [-0.3, -0.25) is 4.79 Å². The van der Waals surface area contributed by atoms with Crippen molar-refractivity contribution >= 4 is 5.78 Å². The minimum absolute atomic E-state index is 1.06. The number of carbonyl (C=O) groups is 1. The number of aliphatic hydroxyl groups excluding tert-OH is 5. The third-order valence-corrected chi connectivity index (χ3v) is 1.91. The highest BCUT2D eigenvalue weighted by atomic mass is 16.6.